The molecule has 0 radical (unpaired) electrons. The minimum atomic E-state index is -1.08. The molecule has 1 aromatic carbocycles. The van der Waals surface area contributed by atoms with Crippen molar-refractivity contribution in [1.29, 1.82) is 0 Å². The summed E-state index contributed by atoms with van der Waals surface area (Å²) in [5.74, 6) is -2.59. The van der Waals surface area contributed by atoms with Gasteiger partial charge in [-0.05, 0) is 44.2 Å². The molecule has 0 spiro atoms. The van der Waals surface area contributed by atoms with Crippen LogP contribution >= 0.6 is 0 Å². The van der Waals surface area contributed by atoms with E-state index in [0.717, 1.165) is 19.3 Å². The number of para-hydroxylation sites is 1. The maximum Gasteiger partial charge on any atom is 0.339 e. The molecule has 1 aliphatic rings. The zero-order chi connectivity index (χ0) is 25.9. The van der Waals surface area contributed by atoms with Crippen molar-refractivity contribution in [1.82, 2.24) is 0 Å². The van der Waals surface area contributed by atoms with E-state index in [1.54, 1.807) is 18.2 Å². The monoisotopic (exact) mass is 484 g/mol. The summed E-state index contributed by atoms with van der Waals surface area (Å²) in [5, 5.41) is 25.0. The summed E-state index contributed by atoms with van der Waals surface area (Å²) < 4.78 is 16.6. The van der Waals surface area contributed by atoms with Crippen molar-refractivity contribution in [3.63, 3.8) is 0 Å². The normalized spacial score (nSPS) is 16.6. The van der Waals surface area contributed by atoms with Gasteiger partial charge in [0, 0.05) is 19.3 Å². The zero-order valence-corrected chi connectivity index (χ0v) is 20.0. The van der Waals surface area contributed by atoms with E-state index in [2.05, 4.69) is 0 Å². The minimum Gasteiger partial charge on any atom is -0.481 e. The van der Waals surface area contributed by atoms with Gasteiger partial charge in [0.2, 0.25) is 6.29 Å². The molecule has 1 saturated heterocycles. The van der Waals surface area contributed by atoms with Crippen LogP contribution in [-0.2, 0) is 23.9 Å². The van der Waals surface area contributed by atoms with Crippen LogP contribution in [-0.4, -0.2) is 58.2 Å². The molecule has 2 unspecified atom stereocenters. The van der Waals surface area contributed by atoms with Gasteiger partial charge >= 0.3 is 23.9 Å². The van der Waals surface area contributed by atoms with Crippen molar-refractivity contribution in [3.05, 3.63) is 29.8 Å². The van der Waals surface area contributed by atoms with Crippen LogP contribution in [0, 0.1) is 0 Å². The SMILES string of the molecule is CCCC(=O)O.CCCC(=O)O.CCCC(=O)OC1CCCOC1Oc1ccccc1C(=O)O. The standard InChI is InChI=1S/C16H20O6.2C4H8O2/c1-2-6-14(17)21-13-9-5-10-20-16(13)22-12-8-4-3-7-11(12)15(18)19;2*1-2-3-4(5)6/h3-4,7-8,13,16H,2,5-6,9-10H2,1H3,(H,18,19);2*2-3H2,1H3,(H,5,6). The number of esters is 1. The summed E-state index contributed by atoms with van der Waals surface area (Å²) in [6, 6.07) is 6.32. The first-order chi connectivity index (χ1) is 16.2. The predicted octanol–water partition coefficient (Wildman–Crippen LogP) is 4.35. The molecule has 192 valence electrons. The van der Waals surface area contributed by atoms with Gasteiger partial charge in [0.05, 0.1) is 6.61 Å². The molecule has 2 atom stereocenters. The summed E-state index contributed by atoms with van der Waals surface area (Å²) in [6.07, 6.45) is 3.20. The van der Waals surface area contributed by atoms with Crippen molar-refractivity contribution >= 4 is 23.9 Å². The Morgan fingerprint density at radius 3 is 1.94 bits per heavy atom. The number of carboxylic acid groups (broad SMARTS) is 3. The number of aliphatic carboxylic acids is 2. The number of aromatic carboxylic acids is 1. The Hall–Kier alpha value is -3.14. The predicted molar refractivity (Wildman–Crippen MR) is 123 cm³/mol. The highest BCUT2D eigenvalue weighted by atomic mass is 16.7. The summed E-state index contributed by atoms with van der Waals surface area (Å²) in [6.45, 7) is 6.07. The van der Waals surface area contributed by atoms with Crippen LogP contribution in [0.3, 0.4) is 0 Å². The maximum atomic E-state index is 11.7. The molecule has 34 heavy (non-hydrogen) atoms. The Kier molecular flexibility index (Phi) is 16.6. The molecule has 0 saturated carbocycles. The Bertz CT molecular complexity index is 746. The molecule has 2 rings (SSSR count). The second-order valence-corrected chi connectivity index (χ2v) is 7.37. The fraction of sp³-hybridized carbons (Fsp3) is 0.583. The smallest absolute Gasteiger partial charge is 0.339 e. The van der Waals surface area contributed by atoms with Gasteiger partial charge < -0.3 is 29.5 Å². The molecule has 0 bridgehead atoms. The highest BCUT2D eigenvalue weighted by Crippen LogP contribution is 2.25. The van der Waals surface area contributed by atoms with Gasteiger partial charge in [0.15, 0.2) is 6.10 Å². The van der Waals surface area contributed by atoms with Crippen LogP contribution in [0.25, 0.3) is 0 Å². The van der Waals surface area contributed by atoms with Crippen LogP contribution in [0.4, 0.5) is 0 Å². The third kappa shape index (κ3) is 14.1. The van der Waals surface area contributed by atoms with Crippen LogP contribution < -0.4 is 4.74 Å². The van der Waals surface area contributed by atoms with Gasteiger partial charge in [-0.1, -0.05) is 32.9 Å². The Morgan fingerprint density at radius 2 is 1.47 bits per heavy atom. The lowest BCUT2D eigenvalue weighted by Crippen LogP contribution is -2.41. The molecule has 10 heteroatoms. The van der Waals surface area contributed by atoms with Crippen LogP contribution in [0.5, 0.6) is 5.75 Å². The van der Waals surface area contributed by atoms with Gasteiger partial charge in [0.25, 0.3) is 0 Å². The molecular formula is C24H36O10. The lowest BCUT2D eigenvalue weighted by Gasteiger charge is -2.31. The molecule has 1 heterocycles. The van der Waals surface area contributed by atoms with Crippen molar-refractivity contribution in [2.24, 2.45) is 0 Å². The van der Waals surface area contributed by atoms with Crippen molar-refractivity contribution in [2.45, 2.75) is 84.5 Å². The summed E-state index contributed by atoms with van der Waals surface area (Å²) in [5.41, 5.74) is 0.0512. The third-order valence-corrected chi connectivity index (χ3v) is 4.24. The second kappa shape index (κ2) is 18.3. The largest absolute Gasteiger partial charge is 0.481 e. The van der Waals surface area contributed by atoms with Crippen molar-refractivity contribution in [2.75, 3.05) is 6.61 Å². The number of ether oxygens (including phenoxy) is 3. The van der Waals surface area contributed by atoms with Crippen LogP contribution in [0.2, 0.25) is 0 Å². The van der Waals surface area contributed by atoms with E-state index in [9.17, 15) is 24.3 Å². The van der Waals surface area contributed by atoms with Gasteiger partial charge in [-0.15, -0.1) is 0 Å². The first-order valence-electron chi connectivity index (χ1n) is 11.4. The molecule has 1 fully saturated rings. The number of benzene rings is 1. The van der Waals surface area contributed by atoms with E-state index in [1.165, 1.54) is 6.07 Å². The zero-order valence-electron chi connectivity index (χ0n) is 20.0. The van der Waals surface area contributed by atoms with E-state index in [4.69, 9.17) is 24.4 Å². The van der Waals surface area contributed by atoms with E-state index in [0.29, 0.717) is 38.7 Å². The van der Waals surface area contributed by atoms with E-state index in [-0.39, 0.29) is 17.3 Å². The quantitative estimate of drug-likeness (QED) is 0.408. The topological polar surface area (TPSA) is 157 Å². The molecule has 0 aliphatic carbocycles. The summed E-state index contributed by atoms with van der Waals surface area (Å²) in [4.78, 5) is 42.1. The average molecular weight is 485 g/mol. The summed E-state index contributed by atoms with van der Waals surface area (Å²) in [7, 11) is 0. The fourth-order valence-electron chi connectivity index (χ4n) is 2.68. The first-order valence-corrected chi connectivity index (χ1v) is 11.4. The molecule has 1 aromatic rings. The molecule has 10 nitrogen and oxygen atoms in total. The molecule has 1 aliphatic heterocycles. The maximum absolute atomic E-state index is 11.7. The summed E-state index contributed by atoms with van der Waals surface area (Å²) >= 11 is 0. The number of carbonyl (C=O) groups is 4. The van der Waals surface area contributed by atoms with Gasteiger partial charge in [0.1, 0.15) is 11.3 Å². The van der Waals surface area contributed by atoms with Crippen molar-refractivity contribution < 1.29 is 48.7 Å². The van der Waals surface area contributed by atoms with Crippen LogP contribution in [0.1, 0.15) is 82.5 Å². The molecular weight excluding hydrogens is 448 g/mol. The van der Waals surface area contributed by atoms with Crippen molar-refractivity contribution in [3.8, 4) is 5.75 Å². The number of carboxylic acids is 3. The number of hydrogen-bond donors (Lipinski definition) is 3. The second-order valence-electron chi connectivity index (χ2n) is 7.37. The van der Waals surface area contributed by atoms with Gasteiger partial charge in [-0.2, -0.15) is 0 Å². The van der Waals surface area contributed by atoms with E-state index in [1.807, 2.05) is 20.8 Å². The van der Waals surface area contributed by atoms with E-state index < -0.39 is 30.3 Å². The third-order valence-electron chi connectivity index (χ3n) is 4.24. The highest BCUT2D eigenvalue weighted by molar-refractivity contribution is 5.90. The van der Waals surface area contributed by atoms with E-state index >= 15 is 0 Å². The molecule has 0 aromatic heterocycles. The number of rotatable bonds is 10. The average Bonchev–Trinajstić information content (AvgIpc) is 2.76. The lowest BCUT2D eigenvalue weighted by molar-refractivity contribution is -0.196. The number of carbonyl (C=O) groups excluding carboxylic acids is 1. The van der Waals surface area contributed by atoms with Crippen LogP contribution in [0.15, 0.2) is 24.3 Å². The Labute approximate surface area is 199 Å². The Morgan fingerprint density at radius 1 is 0.912 bits per heavy atom. The van der Waals surface area contributed by atoms with Gasteiger partial charge in [-0.25, -0.2) is 4.79 Å². The molecule has 0 amide bonds. The minimum absolute atomic E-state index is 0.0512. The van der Waals surface area contributed by atoms with Gasteiger partial charge in [-0.3, -0.25) is 14.4 Å². The first kappa shape index (κ1) is 30.9. The molecule has 3 N–H and O–H groups in total. The Balaban J connectivity index is 0.000000750. The fourth-order valence-corrected chi connectivity index (χ4v) is 2.68. The number of hydrogen-bond acceptors (Lipinski definition) is 7. The lowest BCUT2D eigenvalue weighted by atomic mass is 10.1. The highest BCUT2D eigenvalue weighted by Gasteiger charge is 2.31.